The molecule has 6 heteroatoms. The van der Waals surface area contributed by atoms with E-state index < -0.39 is 10.0 Å². The van der Waals surface area contributed by atoms with E-state index in [1.54, 1.807) is 23.5 Å². The Balaban J connectivity index is 2.32. The minimum absolute atomic E-state index is 0.135. The number of thiophene rings is 1. The highest BCUT2D eigenvalue weighted by molar-refractivity contribution is 7.89. The molecule has 2 aromatic rings. The van der Waals surface area contributed by atoms with Crippen LogP contribution in [0.5, 0.6) is 0 Å². The number of hydrogen-bond acceptors (Lipinski definition) is 4. The monoisotopic (exact) mass is 324 g/mol. The molecule has 0 aliphatic rings. The van der Waals surface area contributed by atoms with Gasteiger partial charge >= 0.3 is 0 Å². The predicted molar refractivity (Wildman–Crippen MR) is 88.5 cm³/mol. The van der Waals surface area contributed by atoms with Crippen molar-refractivity contribution in [2.24, 2.45) is 0 Å². The summed E-state index contributed by atoms with van der Waals surface area (Å²) in [7, 11) is -2.01. The maximum Gasteiger partial charge on any atom is 0.240 e. The van der Waals surface area contributed by atoms with Gasteiger partial charge in [-0.25, -0.2) is 13.1 Å². The molecule has 0 amide bonds. The first-order valence-electron chi connectivity index (χ1n) is 6.70. The molecule has 1 unspecified atom stereocenters. The lowest BCUT2D eigenvalue weighted by atomic mass is 10.1. The lowest BCUT2D eigenvalue weighted by molar-refractivity contribution is 0.588. The summed E-state index contributed by atoms with van der Waals surface area (Å²) >= 11 is 1.70. The van der Waals surface area contributed by atoms with Gasteiger partial charge in [-0.05, 0) is 62.5 Å². The predicted octanol–water partition coefficient (Wildman–Crippen LogP) is 3.45. The molecule has 114 valence electrons. The third-order valence-corrected chi connectivity index (χ3v) is 6.07. The standard InChI is InChI=1S/C15H20N2O2S2/c1-10-5-6-13(21(18,19)16-4)9-14(10)17-12(3)15-11(2)7-8-20-15/h5-9,12,16-17H,1-4H3. The van der Waals surface area contributed by atoms with Crippen molar-refractivity contribution in [3.05, 3.63) is 45.6 Å². The Morgan fingerprint density at radius 1 is 1.14 bits per heavy atom. The average Bonchev–Trinajstić information content (AvgIpc) is 2.87. The molecule has 0 fully saturated rings. The second-order valence-corrected chi connectivity index (χ2v) is 7.85. The number of nitrogens with one attached hydrogen (secondary N) is 2. The Bertz CT molecular complexity index is 736. The van der Waals surface area contributed by atoms with E-state index in [-0.39, 0.29) is 10.9 Å². The SMILES string of the molecule is CNS(=O)(=O)c1ccc(C)c(NC(C)c2sccc2C)c1. The summed E-state index contributed by atoms with van der Waals surface area (Å²) < 4.78 is 26.1. The maximum absolute atomic E-state index is 11.9. The fourth-order valence-corrected chi connectivity index (χ4v) is 3.86. The minimum atomic E-state index is -3.42. The summed E-state index contributed by atoms with van der Waals surface area (Å²) in [6.07, 6.45) is 0. The molecule has 0 aliphatic carbocycles. The number of aryl methyl sites for hydroxylation is 2. The van der Waals surface area contributed by atoms with Crippen LogP contribution in [0.3, 0.4) is 0 Å². The second-order valence-electron chi connectivity index (χ2n) is 5.02. The van der Waals surface area contributed by atoms with Gasteiger partial charge in [-0.3, -0.25) is 0 Å². The zero-order chi connectivity index (χ0) is 15.6. The molecule has 0 aliphatic heterocycles. The molecule has 1 aromatic carbocycles. The van der Waals surface area contributed by atoms with Gasteiger partial charge in [0.1, 0.15) is 0 Å². The fourth-order valence-electron chi connectivity index (χ4n) is 2.17. The van der Waals surface area contributed by atoms with Gasteiger partial charge < -0.3 is 5.32 Å². The van der Waals surface area contributed by atoms with Crippen molar-refractivity contribution in [3.63, 3.8) is 0 Å². The van der Waals surface area contributed by atoms with Crippen molar-refractivity contribution in [2.75, 3.05) is 12.4 Å². The highest BCUT2D eigenvalue weighted by Crippen LogP contribution is 2.29. The summed E-state index contributed by atoms with van der Waals surface area (Å²) in [4.78, 5) is 1.53. The van der Waals surface area contributed by atoms with Crippen LogP contribution in [-0.2, 0) is 10.0 Å². The van der Waals surface area contributed by atoms with E-state index in [9.17, 15) is 8.42 Å². The molecular weight excluding hydrogens is 304 g/mol. The Hall–Kier alpha value is -1.37. The quantitative estimate of drug-likeness (QED) is 0.885. The molecule has 2 rings (SSSR count). The first-order chi connectivity index (χ1) is 9.85. The Labute approximate surface area is 130 Å². The molecule has 4 nitrogen and oxygen atoms in total. The van der Waals surface area contributed by atoms with Gasteiger partial charge in [-0.15, -0.1) is 11.3 Å². The summed E-state index contributed by atoms with van der Waals surface area (Å²) in [5.74, 6) is 0. The van der Waals surface area contributed by atoms with E-state index >= 15 is 0 Å². The van der Waals surface area contributed by atoms with E-state index in [4.69, 9.17) is 0 Å². The van der Waals surface area contributed by atoms with Gasteiger partial charge in [0.25, 0.3) is 0 Å². The van der Waals surface area contributed by atoms with Crippen molar-refractivity contribution in [2.45, 2.75) is 31.7 Å². The maximum atomic E-state index is 11.9. The average molecular weight is 324 g/mol. The van der Waals surface area contributed by atoms with Crippen LogP contribution in [0.15, 0.2) is 34.5 Å². The van der Waals surface area contributed by atoms with E-state index in [2.05, 4.69) is 35.3 Å². The summed E-state index contributed by atoms with van der Waals surface area (Å²) in [5.41, 5.74) is 3.11. The topological polar surface area (TPSA) is 58.2 Å². The first-order valence-corrected chi connectivity index (χ1v) is 9.06. The number of hydrogen-bond donors (Lipinski definition) is 2. The third kappa shape index (κ3) is 3.45. The van der Waals surface area contributed by atoms with Gasteiger partial charge in [0.05, 0.1) is 10.9 Å². The summed E-state index contributed by atoms with van der Waals surface area (Å²) in [6.45, 7) is 6.13. The third-order valence-electron chi connectivity index (χ3n) is 3.46. The van der Waals surface area contributed by atoms with Gasteiger partial charge in [0, 0.05) is 10.6 Å². The van der Waals surface area contributed by atoms with Gasteiger partial charge in [0.2, 0.25) is 10.0 Å². The molecule has 2 N–H and O–H groups in total. The van der Waals surface area contributed by atoms with Gasteiger partial charge in [0.15, 0.2) is 0 Å². The molecule has 0 saturated heterocycles. The van der Waals surface area contributed by atoms with Crippen molar-refractivity contribution >= 4 is 27.0 Å². The van der Waals surface area contributed by atoms with Crippen LogP contribution in [0.25, 0.3) is 0 Å². The smallest absolute Gasteiger partial charge is 0.240 e. The Morgan fingerprint density at radius 3 is 2.43 bits per heavy atom. The number of anilines is 1. The fraction of sp³-hybridized carbons (Fsp3) is 0.333. The highest BCUT2D eigenvalue weighted by Gasteiger charge is 2.15. The van der Waals surface area contributed by atoms with Crippen molar-refractivity contribution in [1.29, 1.82) is 0 Å². The van der Waals surface area contributed by atoms with Crippen LogP contribution in [0.2, 0.25) is 0 Å². The lowest BCUT2D eigenvalue weighted by Gasteiger charge is -2.18. The van der Waals surface area contributed by atoms with E-state index in [1.165, 1.54) is 17.5 Å². The molecule has 1 atom stereocenters. The number of benzene rings is 1. The van der Waals surface area contributed by atoms with Crippen LogP contribution in [0, 0.1) is 13.8 Å². The normalized spacial score (nSPS) is 13.1. The van der Waals surface area contributed by atoms with E-state index in [0.29, 0.717) is 0 Å². The van der Waals surface area contributed by atoms with Crippen LogP contribution in [-0.4, -0.2) is 15.5 Å². The van der Waals surface area contributed by atoms with E-state index in [1.807, 2.05) is 13.0 Å². The second kappa shape index (κ2) is 6.17. The largest absolute Gasteiger partial charge is 0.377 e. The van der Waals surface area contributed by atoms with Crippen LogP contribution >= 0.6 is 11.3 Å². The Kier molecular flexibility index (Phi) is 4.70. The number of rotatable bonds is 5. The minimum Gasteiger partial charge on any atom is -0.377 e. The lowest BCUT2D eigenvalue weighted by Crippen LogP contribution is -2.19. The molecular formula is C15H20N2O2S2. The molecule has 0 bridgehead atoms. The van der Waals surface area contributed by atoms with Crippen LogP contribution < -0.4 is 10.0 Å². The molecule has 0 spiro atoms. The highest BCUT2D eigenvalue weighted by atomic mass is 32.2. The number of sulfonamides is 1. The molecule has 1 aromatic heterocycles. The molecule has 0 saturated carbocycles. The van der Waals surface area contributed by atoms with Crippen molar-refractivity contribution < 1.29 is 8.42 Å². The zero-order valence-corrected chi connectivity index (χ0v) is 14.2. The van der Waals surface area contributed by atoms with Crippen molar-refractivity contribution in [1.82, 2.24) is 4.72 Å². The van der Waals surface area contributed by atoms with E-state index in [0.717, 1.165) is 11.3 Å². The van der Waals surface area contributed by atoms with Crippen LogP contribution in [0.4, 0.5) is 5.69 Å². The first kappa shape index (κ1) is 16.0. The zero-order valence-electron chi connectivity index (χ0n) is 12.6. The van der Waals surface area contributed by atoms with Crippen molar-refractivity contribution in [3.8, 4) is 0 Å². The molecule has 1 heterocycles. The molecule has 0 radical (unpaired) electrons. The van der Waals surface area contributed by atoms with Crippen LogP contribution in [0.1, 0.15) is 29.0 Å². The summed E-state index contributed by atoms with van der Waals surface area (Å²) in [5, 5.41) is 5.48. The van der Waals surface area contributed by atoms with Gasteiger partial charge in [-0.2, -0.15) is 0 Å². The summed E-state index contributed by atoms with van der Waals surface area (Å²) in [6, 6.07) is 7.35. The molecule has 21 heavy (non-hydrogen) atoms. The Morgan fingerprint density at radius 2 is 1.86 bits per heavy atom. The van der Waals surface area contributed by atoms with Gasteiger partial charge in [-0.1, -0.05) is 6.07 Å².